The summed E-state index contributed by atoms with van der Waals surface area (Å²) in [6.45, 7) is 2.24. The molecule has 1 aliphatic rings. The Hall–Kier alpha value is -4.20. The van der Waals surface area contributed by atoms with Gasteiger partial charge in [0.15, 0.2) is 0 Å². The van der Waals surface area contributed by atoms with Crippen molar-refractivity contribution in [3.63, 3.8) is 0 Å². The summed E-state index contributed by atoms with van der Waals surface area (Å²) in [5, 5.41) is 0. The highest BCUT2D eigenvalue weighted by Crippen LogP contribution is 2.18. The molecule has 8 heteroatoms. The highest BCUT2D eigenvalue weighted by Gasteiger charge is 2.25. The maximum atomic E-state index is 13.0. The molecular weight excluding hydrogens is 432 g/mol. The van der Waals surface area contributed by atoms with Crippen LogP contribution in [0.5, 0.6) is 5.75 Å². The highest BCUT2D eigenvalue weighted by molar-refractivity contribution is 5.95. The molecule has 2 aromatic carbocycles. The van der Waals surface area contributed by atoms with Crippen molar-refractivity contribution >= 4 is 17.7 Å². The second kappa shape index (κ2) is 10.6. The van der Waals surface area contributed by atoms with Gasteiger partial charge in [-0.05, 0) is 35.9 Å². The molecule has 2 heterocycles. The number of amides is 3. The normalized spacial score (nSPS) is 13.4. The van der Waals surface area contributed by atoms with Gasteiger partial charge in [-0.25, -0.2) is 0 Å². The van der Waals surface area contributed by atoms with E-state index >= 15 is 0 Å². The topological polar surface area (TPSA) is 106 Å². The van der Waals surface area contributed by atoms with E-state index < -0.39 is 5.91 Å². The maximum absolute atomic E-state index is 13.0. The number of nitrogens with zero attached hydrogens (tertiary/aromatic N) is 3. The van der Waals surface area contributed by atoms with E-state index in [1.807, 2.05) is 42.5 Å². The second-order valence-electron chi connectivity index (χ2n) is 8.05. The summed E-state index contributed by atoms with van der Waals surface area (Å²) < 4.78 is 5.84. The van der Waals surface area contributed by atoms with Crippen molar-refractivity contribution in [2.24, 2.45) is 5.73 Å². The molecule has 0 saturated carbocycles. The summed E-state index contributed by atoms with van der Waals surface area (Å²) in [6.07, 6.45) is 1.51. The summed E-state index contributed by atoms with van der Waals surface area (Å²) >= 11 is 0. The summed E-state index contributed by atoms with van der Waals surface area (Å²) in [6, 6.07) is 20.2. The van der Waals surface area contributed by atoms with Crippen molar-refractivity contribution in [2.45, 2.75) is 13.0 Å². The molecule has 1 saturated heterocycles. The van der Waals surface area contributed by atoms with Crippen LogP contribution in [0.1, 0.15) is 32.0 Å². The average molecular weight is 459 g/mol. The number of aromatic nitrogens is 1. The lowest BCUT2D eigenvalue weighted by Gasteiger charge is -2.35. The van der Waals surface area contributed by atoms with Crippen LogP contribution in [-0.4, -0.2) is 58.7 Å². The maximum Gasteiger partial charge on any atom is 0.254 e. The first-order valence-corrected chi connectivity index (χ1v) is 11.1. The third-order valence-corrected chi connectivity index (χ3v) is 5.69. The average Bonchev–Trinajstić information content (AvgIpc) is 2.88. The molecule has 34 heavy (non-hydrogen) atoms. The van der Waals surface area contributed by atoms with Crippen LogP contribution in [0.4, 0.5) is 0 Å². The molecule has 3 amide bonds. The van der Waals surface area contributed by atoms with Gasteiger partial charge in [0.25, 0.3) is 5.91 Å². The predicted molar refractivity (Wildman–Crippen MR) is 126 cm³/mol. The van der Waals surface area contributed by atoms with Crippen LogP contribution in [0, 0.1) is 0 Å². The molecule has 0 bridgehead atoms. The quantitative estimate of drug-likeness (QED) is 0.585. The lowest BCUT2D eigenvalue weighted by atomic mass is 10.1. The number of carbonyl (C=O) groups excluding carboxylic acids is 3. The highest BCUT2D eigenvalue weighted by atomic mass is 16.5. The molecule has 4 rings (SSSR count). The zero-order valence-corrected chi connectivity index (χ0v) is 18.7. The van der Waals surface area contributed by atoms with Gasteiger partial charge in [-0.3, -0.25) is 19.4 Å². The number of hydrogen-bond acceptors (Lipinski definition) is 5. The number of nitrogens with two attached hydrogens (primary N) is 1. The van der Waals surface area contributed by atoms with E-state index in [1.54, 1.807) is 34.1 Å². The lowest BCUT2D eigenvalue weighted by Crippen LogP contribution is -2.51. The van der Waals surface area contributed by atoms with Gasteiger partial charge in [-0.1, -0.05) is 36.4 Å². The minimum Gasteiger partial charge on any atom is -0.489 e. The molecule has 174 valence electrons. The van der Waals surface area contributed by atoms with E-state index in [9.17, 15) is 14.4 Å². The molecule has 2 N–H and O–H groups in total. The van der Waals surface area contributed by atoms with Crippen LogP contribution in [0.15, 0.2) is 72.9 Å². The van der Waals surface area contributed by atoms with E-state index in [0.717, 1.165) is 5.56 Å². The van der Waals surface area contributed by atoms with Crippen LogP contribution < -0.4 is 10.5 Å². The summed E-state index contributed by atoms with van der Waals surface area (Å²) in [5.74, 6) is -0.0680. The van der Waals surface area contributed by atoms with Gasteiger partial charge in [-0.2, -0.15) is 0 Å². The van der Waals surface area contributed by atoms with E-state index in [-0.39, 0.29) is 18.2 Å². The first-order valence-electron chi connectivity index (χ1n) is 11.1. The largest absolute Gasteiger partial charge is 0.489 e. The smallest absolute Gasteiger partial charge is 0.254 e. The number of piperazine rings is 1. The lowest BCUT2D eigenvalue weighted by molar-refractivity contribution is -0.132. The van der Waals surface area contributed by atoms with Crippen LogP contribution in [0.3, 0.4) is 0 Å². The van der Waals surface area contributed by atoms with Gasteiger partial charge in [0.1, 0.15) is 12.4 Å². The third kappa shape index (κ3) is 5.78. The van der Waals surface area contributed by atoms with Crippen LogP contribution in [0.2, 0.25) is 0 Å². The number of carbonyl (C=O) groups is 3. The van der Waals surface area contributed by atoms with Gasteiger partial charge >= 0.3 is 0 Å². The van der Waals surface area contributed by atoms with Gasteiger partial charge < -0.3 is 20.3 Å². The van der Waals surface area contributed by atoms with E-state index in [1.165, 1.54) is 6.20 Å². The summed E-state index contributed by atoms with van der Waals surface area (Å²) in [4.78, 5) is 44.4. The third-order valence-electron chi connectivity index (χ3n) is 5.69. The number of benzene rings is 2. The van der Waals surface area contributed by atoms with Gasteiger partial charge in [-0.15, -0.1) is 0 Å². The van der Waals surface area contributed by atoms with Crippen molar-refractivity contribution < 1.29 is 19.1 Å². The number of pyridine rings is 1. The standard InChI is InChI=1S/C26H26N4O4/c27-25(32)21-9-10-22(28-17-21)16-24(31)29-11-13-30(14-12-29)26(33)20-7-4-8-23(15-20)34-18-19-5-2-1-3-6-19/h1-10,15,17H,11-14,16,18H2,(H2,27,32). The van der Waals surface area contributed by atoms with E-state index in [4.69, 9.17) is 10.5 Å². The molecular formula is C26H26N4O4. The van der Waals surface area contributed by atoms with Gasteiger partial charge in [0.2, 0.25) is 11.8 Å². The van der Waals surface area contributed by atoms with Crippen molar-refractivity contribution in [3.05, 3.63) is 95.3 Å². The zero-order valence-electron chi connectivity index (χ0n) is 18.7. The van der Waals surface area contributed by atoms with Gasteiger partial charge in [0.05, 0.1) is 12.0 Å². The monoisotopic (exact) mass is 458 g/mol. The van der Waals surface area contributed by atoms with E-state index in [2.05, 4.69) is 4.98 Å². The molecule has 0 atom stereocenters. The number of rotatable bonds is 7. The number of primary amides is 1. The van der Waals surface area contributed by atoms with Crippen molar-refractivity contribution in [3.8, 4) is 5.75 Å². The Balaban J connectivity index is 1.29. The first-order chi connectivity index (χ1) is 16.5. The fourth-order valence-electron chi connectivity index (χ4n) is 3.74. The van der Waals surface area contributed by atoms with Crippen LogP contribution in [0.25, 0.3) is 0 Å². The Morgan fingerprint density at radius 3 is 2.26 bits per heavy atom. The summed E-state index contributed by atoms with van der Waals surface area (Å²) in [7, 11) is 0. The fraction of sp³-hybridized carbons (Fsp3) is 0.231. The minimum absolute atomic E-state index is 0.0669. The zero-order chi connectivity index (χ0) is 23.9. The molecule has 1 aliphatic heterocycles. The molecule has 0 radical (unpaired) electrons. The number of ether oxygens (including phenoxy) is 1. The van der Waals surface area contributed by atoms with Gasteiger partial charge in [0, 0.05) is 43.6 Å². The summed E-state index contributed by atoms with van der Waals surface area (Å²) in [5.41, 5.74) is 7.70. The second-order valence-corrected chi connectivity index (χ2v) is 8.05. The Morgan fingerprint density at radius 1 is 0.853 bits per heavy atom. The SMILES string of the molecule is NC(=O)c1ccc(CC(=O)N2CCN(C(=O)c3cccc(OCc4ccccc4)c3)CC2)nc1. The fourth-order valence-corrected chi connectivity index (χ4v) is 3.74. The first kappa shape index (κ1) is 23.0. The molecule has 0 unspecified atom stereocenters. The molecule has 1 fully saturated rings. The molecule has 0 spiro atoms. The Labute approximate surface area is 198 Å². The van der Waals surface area contributed by atoms with Crippen molar-refractivity contribution in [2.75, 3.05) is 26.2 Å². The molecule has 8 nitrogen and oxygen atoms in total. The van der Waals surface area contributed by atoms with E-state index in [0.29, 0.717) is 55.4 Å². The number of hydrogen-bond donors (Lipinski definition) is 1. The Bertz CT molecular complexity index is 1160. The Kier molecular flexibility index (Phi) is 7.17. The molecule has 3 aromatic rings. The van der Waals surface area contributed by atoms with Crippen LogP contribution >= 0.6 is 0 Å². The van der Waals surface area contributed by atoms with Crippen molar-refractivity contribution in [1.82, 2.24) is 14.8 Å². The van der Waals surface area contributed by atoms with Crippen molar-refractivity contribution in [1.29, 1.82) is 0 Å². The minimum atomic E-state index is -0.556. The van der Waals surface area contributed by atoms with Crippen LogP contribution in [-0.2, 0) is 17.8 Å². The predicted octanol–water partition coefficient (Wildman–Crippen LogP) is 2.29. The molecule has 0 aliphatic carbocycles. The molecule has 1 aromatic heterocycles. The Morgan fingerprint density at radius 2 is 1.59 bits per heavy atom.